The van der Waals surface area contributed by atoms with Crippen LogP contribution in [0.5, 0.6) is 0 Å². The molecule has 330 valence electrons. The van der Waals surface area contributed by atoms with E-state index in [1.54, 1.807) is 0 Å². The van der Waals surface area contributed by atoms with Crippen LogP contribution in [0.3, 0.4) is 0 Å². The molecule has 0 aromatic rings. The molecule has 1 aliphatic heterocycles. The SMILES string of the molecule is CC/C=C\C/C=C\C/C=C\C/C=C\CCCCCCC(=O)O[C@H](COC(=O)CCC/C=C\C/C=C\CC1OC1C/C=C\CCCCC)COP(=O)(O)OC[C@@H](O)CO. The van der Waals surface area contributed by atoms with Crippen LogP contribution < -0.4 is 0 Å². The van der Waals surface area contributed by atoms with Gasteiger partial charge in [0, 0.05) is 12.8 Å². The van der Waals surface area contributed by atoms with E-state index in [4.69, 9.17) is 23.8 Å². The normalized spacial score (nSPS) is 18.2. The summed E-state index contributed by atoms with van der Waals surface area (Å²) in [7, 11) is -4.65. The molecule has 0 amide bonds. The molecule has 1 fully saturated rings. The largest absolute Gasteiger partial charge is 0.472 e. The monoisotopic (exact) mass is 835 g/mol. The second-order valence-corrected chi connectivity index (χ2v) is 15.8. The Kier molecular flexibility index (Phi) is 34.0. The minimum Gasteiger partial charge on any atom is -0.462 e. The fourth-order valence-electron chi connectivity index (χ4n) is 5.49. The summed E-state index contributed by atoms with van der Waals surface area (Å²) in [6.45, 7) is 2.11. The Bertz CT molecular complexity index is 1300. The number of carbonyl (C=O) groups is 2. The molecule has 0 aliphatic carbocycles. The van der Waals surface area contributed by atoms with Crippen LogP contribution in [-0.4, -0.2) is 77.9 Å². The number of allylic oxidation sites excluding steroid dienone is 12. The summed E-state index contributed by atoms with van der Waals surface area (Å²) in [5, 5.41) is 18.3. The maximum Gasteiger partial charge on any atom is 0.472 e. The molecule has 0 aromatic heterocycles. The molecular formula is C46H75O11P. The Balaban J connectivity index is 2.32. The van der Waals surface area contributed by atoms with E-state index >= 15 is 0 Å². The molecule has 1 aliphatic rings. The number of unbranched alkanes of at least 4 members (excludes halogenated alkanes) is 8. The van der Waals surface area contributed by atoms with Gasteiger partial charge >= 0.3 is 19.8 Å². The van der Waals surface area contributed by atoms with E-state index < -0.39 is 51.8 Å². The Labute approximate surface area is 349 Å². The first-order chi connectivity index (χ1) is 28.2. The minimum absolute atomic E-state index is 0.137. The molecule has 0 saturated carbocycles. The van der Waals surface area contributed by atoms with Crippen molar-refractivity contribution >= 4 is 19.8 Å². The van der Waals surface area contributed by atoms with Gasteiger partial charge in [0.2, 0.25) is 0 Å². The van der Waals surface area contributed by atoms with E-state index in [1.807, 2.05) is 6.08 Å². The van der Waals surface area contributed by atoms with E-state index in [1.165, 1.54) is 19.3 Å². The van der Waals surface area contributed by atoms with Crippen molar-refractivity contribution in [2.75, 3.05) is 26.4 Å². The van der Waals surface area contributed by atoms with Gasteiger partial charge in [-0.3, -0.25) is 18.6 Å². The summed E-state index contributed by atoms with van der Waals surface area (Å²) >= 11 is 0. The quantitative estimate of drug-likeness (QED) is 0.0178. The van der Waals surface area contributed by atoms with Gasteiger partial charge in [0.1, 0.15) is 12.7 Å². The highest BCUT2D eigenvalue weighted by molar-refractivity contribution is 7.47. The molecular weight excluding hydrogens is 759 g/mol. The second kappa shape index (κ2) is 37.1. The third-order valence-electron chi connectivity index (χ3n) is 8.94. The molecule has 58 heavy (non-hydrogen) atoms. The fourth-order valence-corrected chi connectivity index (χ4v) is 6.28. The highest BCUT2D eigenvalue weighted by Crippen LogP contribution is 2.43. The van der Waals surface area contributed by atoms with E-state index in [2.05, 4.69) is 97.4 Å². The van der Waals surface area contributed by atoms with Gasteiger partial charge in [0.05, 0.1) is 32.0 Å². The average Bonchev–Trinajstić information content (AvgIpc) is 3.97. The van der Waals surface area contributed by atoms with Crippen molar-refractivity contribution in [3.63, 3.8) is 0 Å². The van der Waals surface area contributed by atoms with Crippen molar-refractivity contribution < 1.29 is 52.5 Å². The maximum absolute atomic E-state index is 12.6. The van der Waals surface area contributed by atoms with Crippen molar-refractivity contribution in [1.82, 2.24) is 0 Å². The van der Waals surface area contributed by atoms with Crippen LogP contribution in [0.15, 0.2) is 85.1 Å². The van der Waals surface area contributed by atoms with Crippen molar-refractivity contribution in [1.29, 1.82) is 0 Å². The third kappa shape index (κ3) is 34.0. The zero-order valence-corrected chi connectivity index (χ0v) is 36.3. The number of epoxide rings is 1. The number of esters is 2. The topological polar surface area (TPSA) is 161 Å². The van der Waals surface area contributed by atoms with Crippen molar-refractivity contribution in [3.05, 3.63) is 85.1 Å². The zero-order chi connectivity index (χ0) is 42.4. The summed E-state index contributed by atoms with van der Waals surface area (Å²) in [4.78, 5) is 35.0. The lowest BCUT2D eigenvalue weighted by Gasteiger charge is -2.20. The molecule has 11 nitrogen and oxygen atoms in total. The Morgan fingerprint density at radius 2 is 1.12 bits per heavy atom. The molecule has 0 radical (unpaired) electrons. The molecule has 0 spiro atoms. The second-order valence-electron chi connectivity index (χ2n) is 14.4. The van der Waals surface area contributed by atoms with Crippen LogP contribution in [0, 0.1) is 0 Å². The number of carbonyl (C=O) groups excluding carboxylic acids is 2. The molecule has 3 unspecified atom stereocenters. The lowest BCUT2D eigenvalue weighted by molar-refractivity contribution is -0.161. The van der Waals surface area contributed by atoms with Gasteiger partial charge in [-0.1, -0.05) is 125 Å². The Hall–Kier alpha value is -2.89. The standard InChI is InChI=1S/C46H75O11P/c1-3-5-7-9-11-12-13-14-15-16-17-18-19-20-23-28-32-36-46(50)56-42(40-55-58(51,52)54-38-41(48)37-47)39-53-45(49)35-31-27-24-21-22-26-30-34-44-43(57-44)33-29-25-10-8-6-4-2/h5,7,11-12,14-15,17-18,21,24-26,29-30,41-44,47-48H,3-4,6,8-10,13,16,19-20,22-23,27-28,31-40H2,1-2H3,(H,51,52)/b7-5-,12-11-,15-14-,18-17-,24-21-,29-25-,30-26-/t41-,42+,43?,44?/m0/s1. The third-order valence-corrected chi connectivity index (χ3v) is 9.89. The number of ether oxygens (including phenoxy) is 3. The smallest absolute Gasteiger partial charge is 0.462 e. The fraction of sp³-hybridized carbons (Fsp3) is 0.652. The Morgan fingerprint density at radius 3 is 1.74 bits per heavy atom. The van der Waals surface area contributed by atoms with Crippen LogP contribution in [0.1, 0.15) is 142 Å². The van der Waals surface area contributed by atoms with Gasteiger partial charge in [-0.2, -0.15) is 0 Å². The number of hydrogen-bond acceptors (Lipinski definition) is 10. The zero-order valence-electron chi connectivity index (χ0n) is 35.4. The first kappa shape index (κ1) is 53.1. The van der Waals surface area contributed by atoms with E-state index in [9.17, 15) is 24.2 Å². The van der Waals surface area contributed by atoms with Gasteiger partial charge in [0.25, 0.3) is 0 Å². The van der Waals surface area contributed by atoms with E-state index in [0.717, 1.165) is 77.0 Å². The predicted octanol–water partition coefficient (Wildman–Crippen LogP) is 10.4. The molecule has 0 aromatic carbocycles. The van der Waals surface area contributed by atoms with Crippen LogP contribution in [0.2, 0.25) is 0 Å². The molecule has 1 heterocycles. The first-order valence-corrected chi connectivity index (χ1v) is 23.2. The predicted molar refractivity (Wildman–Crippen MR) is 232 cm³/mol. The highest BCUT2D eigenvalue weighted by Gasteiger charge is 2.36. The number of rotatable bonds is 38. The van der Waals surface area contributed by atoms with Crippen LogP contribution in [0.4, 0.5) is 0 Å². The molecule has 0 bridgehead atoms. The lowest BCUT2D eigenvalue weighted by Crippen LogP contribution is -2.29. The highest BCUT2D eigenvalue weighted by atomic mass is 31.2. The number of aliphatic hydroxyl groups excluding tert-OH is 2. The minimum atomic E-state index is -4.65. The van der Waals surface area contributed by atoms with Gasteiger partial charge < -0.3 is 29.3 Å². The molecule has 1 saturated heterocycles. The van der Waals surface area contributed by atoms with Crippen molar-refractivity contribution in [3.8, 4) is 0 Å². The van der Waals surface area contributed by atoms with E-state index in [0.29, 0.717) is 31.5 Å². The summed E-state index contributed by atoms with van der Waals surface area (Å²) in [6, 6.07) is 0. The van der Waals surface area contributed by atoms with E-state index in [-0.39, 0.29) is 19.4 Å². The Morgan fingerprint density at radius 1 is 0.621 bits per heavy atom. The number of phosphoric ester groups is 1. The molecule has 1 rings (SSSR count). The molecule has 12 heteroatoms. The number of phosphoric acid groups is 1. The summed E-state index contributed by atoms with van der Waals surface area (Å²) < 4.78 is 38.4. The summed E-state index contributed by atoms with van der Waals surface area (Å²) in [5.74, 6) is -1.03. The maximum atomic E-state index is 12.6. The van der Waals surface area contributed by atoms with Crippen LogP contribution >= 0.6 is 7.82 Å². The van der Waals surface area contributed by atoms with Crippen LogP contribution in [0.25, 0.3) is 0 Å². The van der Waals surface area contributed by atoms with Crippen LogP contribution in [-0.2, 0) is 37.4 Å². The summed E-state index contributed by atoms with van der Waals surface area (Å²) in [6.07, 6.45) is 45.8. The first-order valence-electron chi connectivity index (χ1n) is 21.7. The van der Waals surface area contributed by atoms with Crippen molar-refractivity contribution in [2.24, 2.45) is 0 Å². The summed E-state index contributed by atoms with van der Waals surface area (Å²) in [5.41, 5.74) is 0. The molecule has 5 atom stereocenters. The van der Waals surface area contributed by atoms with Crippen molar-refractivity contribution in [2.45, 2.75) is 167 Å². The number of hydrogen-bond donors (Lipinski definition) is 3. The van der Waals surface area contributed by atoms with Gasteiger partial charge in [-0.15, -0.1) is 0 Å². The lowest BCUT2D eigenvalue weighted by atomic mass is 10.1. The van der Waals surface area contributed by atoms with Gasteiger partial charge in [-0.05, 0) is 89.9 Å². The average molecular weight is 835 g/mol. The number of aliphatic hydroxyl groups is 2. The van der Waals surface area contributed by atoms with Gasteiger partial charge in [-0.25, -0.2) is 4.57 Å². The molecule has 3 N–H and O–H groups in total. The van der Waals surface area contributed by atoms with Gasteiger partial charge in [0.15, 0.2) is 6.10 Å².